The van der Waals surface area contributed by atoms with Crippen molar-refractivity contribution < 1.29 is 12.4 Å². The van der Waals surface area contributed by atoms with E-state index in [0.717, 1.165) is 13.0 Å². The Morgan fingerprint density at radius 3 is 2.47 bits per heavy atom. The molecule has 0 amide bonds. The minimum atomic E-state index is 0. The van der Waals surface area contributed by atoms with Gasteiger partial charge < -0.3 is 12.4 Å². The summed E-state index contributed by atoms with van der Waals surface area (Å²) in [5, 5.41) is 0. The molecule has 0 aromatic heterocycles. The lowest BCUT2D eigenvalue weighted by Crippen LogP contribution is -3.00. The molecule has 1 aromatic rings. The molecule has 1 aliphatic heterocycles. The molecule has 2 nitrogen and oxygen atoms in total. The van der Waals surface area contributed by atoms with E-state index >= 15 is 0 Å². The van der Waals surface area contributed by atoms with E-state index in [4.69, 9.17) is 0 Å². The van der Waals surface area contributed by atoms with Crippen molar-refractivity contribution in [1.29, 1.82) is 0 Å². The van der Waals surface area contributed by atoms with Gasteiger partial charge in [-0.3, -0.25) is 0 Å². The molecule has 79 valence electrons. The maximum absolute atomic E-state index is 3.18. The van der Waals surface area contributed by atoms with Crippen molar-refractivity contribution in [3.8, 4) is 0 Å². The fraction of sp³-hybridized carbons (Fsp3) is 0.250. The summed E-state index contributed by atoms with van der Waals surface area (Å²) in [6.07, 6.45) is 5.11. The zero-order valence-corrected chi connectivity index (χ0v) is 9.48. The highest BCUT2D eigenvalue weighted by Gasteiger charge is 2.26. The Hall–Kier alpha value is -1.28. The van der Waals surface area contributed by atoms with Crippen LogP contribution < -0.4 is 12.4 Å². The second-order valence-electron chi connectivity index (χ2n) is 3.44. The molecule has 0 bridgehead atoms. The van der Waals surface area contributed by atoms with Crippen LogP contribution in [0.4, 0.5) is 0 Å². The highest BCUT2D eigenvalue weighted by Crippen LogP contribution is 2.09. The summed E-state index contributed by atoms with van der Waals surface area (Å²) in [5.41, 5.74) is 1.37. The van der Waals surface area contributed by atoms with Crippen molar-refractivity contribution in [1.82, 2.24) is 9.80 Å². The van der Waals surface area contributed by atoms with Gasteiger partial charge in [0.25, 0.3) is 0 Å². The second kappa shape index (κ2) is 5.56. The molecule has 0 spiro atoms. The van der Waals surface area contributed by atoms with Crippen LogP contribution in [0, 0.1) is 6.67 Å². The molecule has 1 aromatic carbocycles. The fourth-order valence-corrected chi connectivity index (χ4v) is 1.47. The maximum Gasteiger partial charge on any atom is 0.564 e. The van der Waals surface area contributed by atoms with Gasteiger partial charge in [0.1, 0.15) is 0 Å². The minimum absolute atomic E-state index is 0. The predicted molar refractivity (Wildman–Crippen MR) is 57.0 cm³/mol. The summed E-state index contributed by atoms with van der Waals surface area (Å²) < 4.78 is 0. The van der Waals surface area contributed by atoms with Crippen molar-refractivity contribution >= 4 is 0 Å². The second-order valence-corrected chi connectivity index (χ2v) is 3.44. The van der Waals surface area contributed by atoms with Crippen molar-refractivity contribution in [2.75, 3.05) is 13.6 Å². The number of rotatable bonds is 3. The van der Waals surface area contributed by atoms with Crippen molar-refractivity contribution in [3.63, 3.8) is 0 Å². The number of hydrogen-bond donors (Lipinski definition) is 0. The van der Waals surface area contributed by atoms with Crippen LogP contribution in [-0.4, -0.2) is 23.4 Å². The molecular formula is C12H14ClN2. The van der Waals surface area contributed by atoms with Gasteiger partial charge in [-0.15, -0.1) is 9.80 Å². The van der Waals surface area contributed by atoms with E-state index < -0.39 is 0 Å². The third-order valence-electron chi connectivity index (χ3n) is 2.24. The van der Waals surface area contributed by atoms with E-state index in [9.17, 15) is 0 Å². The highest BCUT2D eigenvalue weighted by atomic mass is 35.5. The molecule has 1 radical (unpaired) electrons. The van der Waals surface area contributed by atoms with Gasteiger partial charge in [-0.05, 0) is 12.0 Å². The fourth-order valence-electron chi connectivity index (χ4n) is 1.47. The Kier molecular flexibility index (Phi) is 4.37. The standard InChI is InChI=1S/C12H14N2.ClH/c1-13-9-10-14(11-13)8-7-12-5-3-2-4-6-12;/h2-6,9-10H,7-8H2,1H3;1H/q+1;/p-1. The third-order valence-corrected chi connectivity index (χ3v) is 2.24. The number of halogens is 1. The van der Waals surface area contributed by atoms with Gasteiger partial charge in [-0.1, -0.05) is 30.3 Å². The average Bonchev–Trinajstić information content (AvgIpc) is 2.63. The lowest BCUT2D eigenvalue weighted by Gasteiger charge is -2.02. The molecule has 0 N–H and O–H groups in total. The van der Waals surface area contributed by atoms with E-state index in [2.05, 4.69) is 35.8 Å². The summed E-state index contributed by atoms with van der Waals surface area (Å²) in [6, 6.07) is 10.5. The van der Waals surface area contributed by atoms with Gasteiger partial charge in [0.2, 0.25) is 0 Å². The van der Waals surface area contributed by atoms with Crippen LogP contribution >= 0.6 is 0 Å². The van der Waals surface area contributed by atoms with E-state index in [-0.39, 0.29) is 12.4 Å². The lowest BCUT2D eigenvalue weighted by atomic mass is 10.1. The molecule has 0 unspecified atom stereocenters. The smallest absolute Gasteiger partial charge is 0.564 e. The van der Waals surface area contributed by atoms with Crippen molar-refractivity contribution in [2.45, 2.75) is 6.42 Å². The molecule has 0 fully saturated rings. The van der Waals surface area contributed by atoms with Gasteiger partial charge in [0.15, 0.2) is 0 Å². The van der Waals surface area contributed by atoms with Gasteiger partial charge in [-0.25, -0.2) is 0 Å². The summed E-state index contributed by atoms with van der Waals surface area (Å²) in [5.74, 6) is 0. The molecular weight excluding hydrogens is 208 g/mol. The summed E-state index contributed by atoms with van der Waals surface area (Å²) in [6.45, 7) is 4.17. The number of hydrogen-bond acceptors (Lipinski definition) is 2. The Labute approximate surface area is 97.6 Å². The Bertz CT molecular complexity index is 311. The Morgan fingerprint density at radius 1 is 1.13 bits per heavy atom. The summed E-state index contributed by atoms with van der Waals surface area (Å²) in [7, 11) is 1.99. The van der Waals surface area contributed by atoms with Crippen molar-refractivity contribution in [2.24, 2.45) is 0 Å². The van der Waals surface area contributed by atoms with Crippen LogP contribution in [0.1, 0.15) is 5.56 Å². The monoisotopic (exact) mass is 221 g/mol. The van der Waals surface area contributed by atoms with Crippen LogP contribution in [0.5, 0.6) is 0 Å². The molecule has 1 heterocycles. The van der Waals surface area contributed by atoms with Gasteiger partial charge in [-0.2, -0.15) is 0 Å². The molecule has 0 aliphatic carbocycles. The van der Waals surface area contributed by atoms with Crippen LogP contribution in [0.3, 0.4) is 0 Å². The largest absolute Gasteiger partial charge is 1.00 e. The van der Waals surface area contributed by atoms with Crippen LogP contribution in [0.25, 0.3) is 0 Å². The van der Waals surface area contributed by atoms with Crippen LogP contribution in [0.2, 0.25) is 0 Å². The first kappa shape index (κ1) is 11.8. The number of benzene rings is 1. The Balaban J connectivity index is 0.00000112. The summed E-state index contributed by atoms with van der Waals surface area (Å²) >= 11 is 0. The zero-order valence-electron chi connectivity index (χ0n) is 8.73. The lowest BCUT2D eigenvalue weighted by molar-refractivity contribution is -0.00000288. The first-order valence-corrected chi connectivity index (χ1v) is 4.82. The van der Waals surface area contributed by atoms with E-state index in [0.29, 0.717) is 0 Å². The highest BCUT2D eigenvalue weighted by molar-refractivity contribution is 5.15. The average molecular weight is 222 g/mol. The van der Waals surface area contributed by atoms with E-state index in [1.54, 1.807) is 0 Å². The van der Waals surface area contributed by atoms with E-state index in [1.165, 1.54) is 5.56 Å². The van der Waals surface area contributed by atoms with Crippen LogP contribution in [0.15, 0.2) is 42.7 Å². The van der Waals surface area contributed by atoms with E-state index in [1.807, 2.05) is 30.4 Å². The molecule has 15 heavy (non-hydrogen) atoms. The van der Waals surface area contributed by atoms with Gasteiger partial charge in [0.05, 0.1) is 26.0 Å². The molecule has 2 rings (SSSR count). The third kappa shape index (κ3) is 3.40. The first-order valence-electron chi connectivity index (χ1n) is 4.82. The van der Waals surface area contributed by atoms with Crippen molar-refractivity contribution in [3.05, 3.63) is 55.0 Å². The molecule has 3 heteroatoms. The first-order chi connectivity index (χ1) is 6.84. The maximum atomic E-state index is 3.18. The predicted octanol–water partition coefficient (Wildman–Crippen LogP) is -1.05. The quantitative estimate of drug-likeness (QED) is 0.601. The molecule has 0 saturated heterocycles. The SMILES string of the molecule is CN1[C+]N(CCc2ccccc2)C=C1.[Cl-]. The number of nitrogens with zero attached hydrogens (tertiary/aromatic N) is 2. The molecule has 0 atom stereocenters. The summed E-state index contributed by atoms with van der Waals surface area (Å²) in [4.78, 5) is 4.01. The minimum Gasteiger partial charge on any atom is -1.00 e. The van der Waals surface area contributed by atoms with Gasteiger partial charge in [0, 0.05) is 0 Å². The van der Waals surface area contributed by atoms with Gasteiger partial charge >= 0.3 is 6.67 Å². The molecule has 0 saturated carbocycles. The Morgan fingerprint density at radius 2 is 1.87 bits per heavy atom. The molecule has 1 aliphatic rings. The van der Waals surface area contributed by atoms with Crippen LogP contribution in [-0.2, 0) is 6.42 Å². The normalized spacial score (nSPS) is 13.7. The topological polar surface area (TPSA) is 6.48 Å². The zero-order chi connectivity index (χ0) is 9.80.